The molecule has 188 valence electrons. The molecule has 2 aromatic heterocycles. The van der Waals surface area contributed by atoms with E-state index < -0.39 is 0 Å². The van der Waals surface area contributed by atoms with Gasteiger partial charge in [0.05, 0.1) is 5.52 Å². The minimum absolute atomic E-state index is 0.0487. The molecule has 0 radical (unpaired) electrons. The van der Waals surface area contributed by atoms with Crippen LogP contribution >= 0.6 is 0 Å². The molecule has 2 nitrogen and oxygen atoms in total. The molecular formula is C36H34N2. The van der Waals surface area contributed by atoms with Gasteiger partial charge in [0, 0.05) is 29.4 Å². The third-order valence-electron chi connectivity index (χ3n) is 7.56. The Hall–Kier alpha value is -4.04. The molecule has 0 fully saturated rings. The number of hydrogen-bond acceptors (Lipinski definition) is 2. The molecule has 0 aliphatic heterocycles. The Balaban J connectivity index is 1.72. The largest absolute Gasteiger partial charge is 0.265 e. The molecule has 2 heterocycles. The van der Waals surface area contributed by atoms with Gasteiger partial charge < -0.3 is 0 Å². The molecule has 38 heavy (non-hydrogen) atoms. The minimum Gasteiger partial charge on any atom is -0.265 e. The van der Waals surface area contributed by atoms with E-state index in [1.165, 1.54) is 60.3 Å². The highest BCUT2D eigenvalue weighted by Gasteiger charge is 2.28. The maximum Gasteiger partial charge on any atom is 0.0783 e. The van der Waals surface area contributed by atoms with Crippen molar-refractivity contribution in [2.75, 3.05) is 0 Å². The van der Waals surface area contributed by atoms with E-state index in [1.807, 2.05) is 24.7 Å². The van der Waals surface area contributed by atoms with Crippen LogP contribution in [0.15, 0.2) is 97.5 Å². The lowest BCUT2D eigenvalue weighted by molar-refractivity contribution is 0.593. The topological polar surface area (TPSA) is 25.8 Å². The first-order chi connectivity index (χ1) is 18.1. The van der Waals surface area contributed by atoms with Crippen molar-refractivity contribution in [1.82, 2.24) is 9.97 Å². The van der Waals surface area contributed by atoms with Crippen molar-refractivity contribution < 1.29 is 0 Å². The molecule has 0 bridgehead atoms. The molecule has 0 unspecified atom stereocenters. The molecule has 6 rings (SSSR count). The summed E-state index contributed by atoms with van der Waals surface area (Å²) in [4.78, 5) is 9.10. The van der Waals surface area contributed by atoms with Gasteiger partial charge in [-0.1, -0.05) is 90.1 Å². The molecule has 4 aromatic carbocycles. The van der Waals surface area contributed by atoms with Gasteiger partial charge in [0.2, 0.25) is 0 Å². The summed E-state index contributed by atoms with van der Waals surface area (Å²) < 4.78 is 0. The molecule has 0 saturated carbocycles. The van der Waals surface area contributed by atoms with E-state index in [4.69, 9.17) is 4.98 Å². The van der Waals surface area contributed by atoms with Crippen molar-refractivity contribution in [3.05, 3.63) is 109 Å². The molecule has 0 spiro atoms. The lowest BCUT2D eigenvalue weighted by Crippen LogP contribution is -2.18. The summed E-state index contributed by atoms with van der Waals surface area (Å²) >= 11 is 0. The number of nitrogens with zero attached hydrogens (tertiary/aromatic N) is 2. The van der Waals surface area contributed by atoms with E-state index >= 15 is 0 Å². The number of rotatable bonds is 2. The highest BCUT2D eigenvalue weighted by molar-refractivity contribution is 6.16. The van der Waals surface area contributed by atoms with Gasteiger partial charge in [-0.05, 0) is 90.7 Å². The Kier molecular flexibility index (Phi) is 5.61. The Bertz CT molecular complexity index is 1820. The fourth-order valence-corrected chi connectivity index (χ4v) is 6.04. The average molecular weight is 495 g/mol. The van der Waals surface area contributed by atoms with Gasteiger partial charge in [0.1, 0.15) is 0 Å². The standard InChI is InChI=1S/C36H34N2/c1-35(2,3)32-29-15-12-24-11-8-18-38-34(24)31(29)33(36(4,5)6)28-14-13-27(22-30(28)32)26-10-7-9-25(21-26)23-16-19-37-20-17-23/h7-22H,1-6H3. The van der Waals surface area contributed by atoms with Crippen molar-refractivity contribution in [3.63, 3.8) is 0 Å². The third-order valence-corrected chi connectivity index (χ3v) is 7.56. The maximum atomic E-state index is 4.91. The number of benzene rings is 4. The second kappa shape index (κ2) is 8.77. The lowest BCUT2D eigenvalue weighted by atomic mass is 9.73. The van der Waals surface area contributed by atoms with E-state index in [-0.39, 0.29) is 10.8 Å². The summed E-state index contributed by atoms with van der Waals surface area (Å²) in [7, 11) is 0. The normalized spacial score (nSPS) is 12.5. The quantitative estimate of drug-likeness (QED) is 0.177. The Morgan fingerprint density at radius 3 is 1.87 bits per heavy atom. The van der Waals surface area contributed by atoms with E-state index in [0.29, 0.717) is 0 Å². The molecule has 0 aliphatic carbocycles. The van der Waals surface area contributed by atoms with Crippen molar-refractivity contribution in [2.24, 2.45) is 0 Å². The molecule has 0 aliphatic rings. The number of fused-ring (bicyclic) bond motifs is 4. The summed E-state index contributed by atoms with van der Waals surface area (Å²) in [6.45, 7) is 14.0. The second-order valence-corrected chi connectivity index (χ2v) is 12.4. The van der Waals surface area contributed by atoms with Gasteiger partial charge in [-0.25, -0.2) is 0 Å². The maximum absolute atomic E-state index is 4.91. The van der Waals surface area contributed by atoms with Crippen LogP contribution in [0.1, 0.15) is 52.7 Å². The van der Waals surface area contributed by atoms with Gasteiger partial charge in [0.25, 0.3) is 0 Å². The number of hydrogen-bond donors (Lipinski definition) is 0. The third kappa shape index (κ3) is 4.05. The van der Waals surface area contributed by atoms with Gasteiger partial charge in [-0.15, -0.1) is 0 Å². The van der Waals surface area contributed by atoms with E-state index in [0.717, 1.165) is 5.52 Å². The molecule has 6 aromatic rings. The monoisotopic (exact) mass is 494 g/mol. The van der Waals surface area contributed by atoms with Crippen LogP contribution in [0.2, 0.25) is 0 Å². The summed E-state index contributed by atoms with van der Waals surface area (Å²) in [6, 6.07) is 28.8. The van der Waals surface area contributed by atoms with Crippen molar-refractivity contribution in [2.45, 2.75) is 52.4 Å². The van der Waals surface area contributed by atoms with E-state index in [2.05, 4.69) is 119 Å². The summed E-state index contributed by atoms with van der Waals surface area (Å²) in [5.74, 6) is 0. The first-order valence-corrected chi connectivity index (χ1v) is 13.4. The zero-order valence-corrected chi connectivity index (χ0v) is 23.1. The fourth-order valence-electron chi connectivity index (χ4n) is 6.04. The highest BCUT2D eigenvalue weighted by atomic mass is 14.6. The SMILES string of the molecule is CC(C)(C)c1c2cc(-c3cccc(-c4ccncc4)c3)ccc2c(C(C)(C)C)c2c1ccc1cccnc12. The first kappa shape index (κ1) is 24.3. The predicted molar refractivity (Wildman–Crippen MR) is 163 cm³/mol. The van der Waals surface area contributed by atoms with Gasteiger partial charge >= 0.3 is 0 Å². The fraction of sp³-hybridized carbons (Fsp3) is 0.222. The molecule has 0 N–H and O–H groups in total. The summed E-state index contributed by atoms with van der Waals surface area (Å²) in [5, 5.41) is 6.44. The molecular weight excluding hydrogens is 460 g/mol. The van der Waals surface area contributed by atoms with Crippen LogP contribution in [-0.2, 0) is 10.8 Å². The molecule has 2 heteroatoms. The van der Waals surface area contributed by atoms with Gasteiger partial charge in [-0.2, -0.15) is 0 Å². The zero-order valence-electron chi connectivity index (χ0n) is 23.1. The van der Waals surface area contributed by atoms with E-state index in [9.17, 15) is 0 Å². The van der Waals surface area contributed by atoms with Crippen LogP contribution in [0.4, 0.5) is 0 Å². The lowest BCUT2D eigenvalue weighted by Gasteiger charge is -2.31. The van der Waals surface area contributed by atoms with Crippen molar-refractivity contribution in [1.29, 1.82) is 0 Å². The van der Waals surface area contributed by atoms with Crippen LogP contribution in [0.5, 0.6) is 0 Å². The Morgan fingerprint density at radius 2 is 1.16 bits per heavy atom. The number of aromatic nitrogens is 2. The predicted octanol–water partition coefficient (Wildman–Crippen LogP) is 9.87. The number of pyridine rings is 2. The Morgan fingerprint density at radius 1 is 0.500 bits per heavy atom. The smallest absolute Gasteiger partial charge is 0.0783 e. The van der Waals surface area contributed by atoms with Crippen LogP contribution in [-0.4, -0.2) is 9.97 Å². The van der Waals surface area contributed by atoms with Crippen LogP contribution in [0.3, 0.4) is 0 Å². The van der Waals surface area contributed by atoms with E-state index in [1.54, 1.807) is 0 Å². The van der Waals surface area contributed by atoms with Crippen LogP contribution in [0.25, 0.3) is 54.7 Å². The van der Waals surface area contributed by atoms with Gasteiger partial charge in [0.15, 0.2) is 0 Å². The van der Waals surface area contributed by atoms with Gasteiger partial charge in [-0.3, -0.25) is 9.97 Å². The molecule has 0 atom stereocenters. The van der Waals surface area contributed by atoms with Crippen LogP contribution < -0.4 is 0 Å². The Labute approximate surface area is 225 Å². The molecule has 0 amide bonds. The van der Waals surface area contributed by atoms with Crippen LogP contribution in [0, 0.1) is 0 Å². The van der Waals surface area contributed by atoms with Crippen molar-refractivity contribution in [3.8, 4) is 22.3 Å². The zero-order chi connectivity index (χ0) is 26.7. The minimum atomic E-state index is -0.0541. The summed E-state index contributed by atoms with van der Waals surface area (Å²) in [5.41, 5.74) is 8.58. The van der Waals surface area contributed by atoms with Crippen molar-refractivity contribution >= 4 is 32.4 Å². The summed E-state index contributed by atoms with van der Waals surface area (Å²) in [6.07, 6.45) is 5.63. The first-order valence-electron chi connectivity index (χ1n) is 13.4. The second-order valence-electron chi connectivity index (χ2n) is 12.4. The average Bonchev–Trinajstić information content (AvgIpc) is 2.90. The highest BCUT2D eigenvalue weighted by Crippen LogP contribution is 2.46. The molecule has 0 saturated heterocycles.